The second kappa shape index (κ2) is 4.86. The number of hydrogen-bond donors (Lipinski definition) is 1. The van der Waals surface area contributed by atoms with Crippen LogP contribution in [-0.2, 0) is 14.9 Å². The van der Waals surface area contributed by atoms with E-state index in [0.717, 1.165) is 35.1 Å². The average molecular weight is 340 g/mol. The number of aryl methyl sites for hydroxylation is 1. The lowest BCUT2D eigenvalue weighted by Gasteiger charge is -2.60. The van der Waals surface area contributed by atoms with Crippen LogP contribution in [0, 0.1) is 18.8 Å². The molecule has 0 unspecified atom stereocenters. The Morgan fingerprint density at radius 3 is 2.88 bits per heavy atom. The van der Waals surface area contributed by atoms with E-state index in [2.05, 4.69) is 42.5 Å². The van der Waals surface area contributed by atoms with Crippen LogP contribution < -0.4 is 0 Å². The number of carboxylic acid groups (broad SMARTS) is 1. The number of para-hydroxylation sites is 1. The number of carboxylic acids is 1. The first-order valence-electron chi connectivity index (χ1n) is 9.13. The maximum Gasteiger partial charge on any atom is 0.318 e. The summed E-state index contributed by atoms with van der Waals surface area (Å²) in [5, 5.41) is 11.6. The summed E-state index contributed by atoms with van der Waals surface area (Å²) in [4.78, 5) is 15.0. The number of carbonyl (C=O) groups is 1. The van der Waals surface area contributed by atoms with Crippen LogP contribution in [0.25, 0.3) is 10.9 Å². The van der Waals surface area contributed by atoms with Gasteiger partial charge >= 0.3 is 5.97 Å². The minimum Gasteiger partial charge on any atom is -0.480 e. The van der Waals surface area contributed by atoms with E-state index in [1.807, 2.05) is 12.1 Å². The molecule has 5 rings (SSSR count). The number of hydrogen-bond acceptors (Lipinski definition) is 3. The molecule has 1 N–H and O–H groups in total. The Kier molecular flexibility index (Phi) is 3.00. The molecule has 4 heterocycles. The zero-order valence-electron chi connectivity index (χ0n) is 14.9. The lowest BCUT2D eigenvalue weighted by Crippen LogP contribution is -2.66. The van der Waals surface area contributed by atoms with Gasteiger partial charge < -0.3 is 14.4 Å². The molecule has 0 aliphatic carbocycles. The van der Waals surface area contributed by atoms with Gasteiger partial charge in [0.2, 0.25) is 0 Å². The molecule has 1 aromatic heterocycles. The maximum absolute atomic E-state index is 12.7. The lowest BCUT2D eigenvalue weighted by molar-refractivity contribution is -0.195. The van der Waals surface area contributed by atoms with Crippen LogP contribution in [-0.4, -0.2) is 46.8 Å². The van der Waals surface area contributed by atoms with E-state index >= 15 is 0 Å². The molecule has 2 fully saturated rings. The molecule has 2 aromatic rings. The summed E-state index contributed by atoms with van der Waals surface area (Å²) < 4.78 is 8.41. The Balaban J connectivity index is 1.94. The van der Waals surface area contributed by atoms with E-state index in [-0.39, 0.29) is 30.7 Å². The van der Waals surface area contributed by atoms with Crippen LogP contribution in [0.5, 0.6) is 0 Å². The Bertz CT molecular complexity index is 888. The molecule has 0 saturated carbocycles. The van der Waals surface area contributed by atoms with E-state index < -0.39 is 11.4 Å². The Labute approximate surface area is 147 Å². The minimum absolute atomic E-state index is 0.0693. The van der Waals surface area contributed by atoms with Gasteiger partial charge in [-0.05, 0) is 44.9 Å². The number of piperidine rings is 1. The van der Waals surface area contributed by atoms with Crippen molar-refractivity contribution in [3.63, 3.8) is 0 Å². The normalized spacial score (nSPS) is 37.1. The number of fused-ring (bicyclic) bond motifs is 5. The highest BCUT2D eigenvalue weighted by atomic mass is 16.5. The molecule has 0 spiro atoms. The summed E-state index contributed by atoms with van der Waals surface area (Å²) >= 11 is 0. The van der Waals surface area contributed by atoms with Crippen molar-refractivity contribution in [1.82, 2.24) is 9.47 Å². The minimum atomic E-state index is -0.933. The third-order valence-corrected chi connectivity index (χ3v) is 7.03. The van der Waals surface area contributed by atoms with Crippen molar-refractivity contribution in [2.45, 2.75) is 38.0 Å². The van der Waals surface area contributed by atoms with Gasteiger partial charge in [-0.1, -0.05) is 18.2 Å². The van der Waals surface area contributed by atoms with Crippen LogP contribution in [0.2, 0.25) is 0 Å². The van der Waals surface area contributed by atoms with Gasteiger partial charge in [-0.25, -0.2) is 0 Å². The van der Waals surface area contributed by atoms with Crippen molar-refractivity contribution >= 4 is 16.9 Å². The Morgan fingerprint density at radius 2 is 2.12 bits per heavy atom. The number of aliphatic carboxylic acids is 1. The van der Waals surface area contributed by atoms with Crippen LogP contribution >= 0.6 is 0 Å². The molecular weight excluding hydrogens is 316 g/mol. The maximum atomic E-state index is 12.7. The summed E-state index contributed by atoms with van der Waals surface area (Å²) in [5.74, 6) is -0.402. The van der Waals surface area contributed by atoms with Crippen LogP contribution in [0.15, 0.2) is 24.3 Å². The quantitative estimate of drug-likeness (QED) is 0.867. The number of nitrogens with zero attached hydrogens (tertiary/aromatic N) is 2. The number of ether oxygens (including phenoxy) is 1. The first-order chi connectivity index (χ1) is 12.0. The number of rotatable bonds is 1. The van der Waals surface area contributed by atoms with Crippen molar-refractivity contribution in [3.05, 3.63) is 35.5 Å². The standard InChI is InChI=1S/C20H24N2O3/c1-11-13-6-4-5-7-15(13)22-17(11)20(19(23)24)10-25-12(2)16-14(20)8-9-21(3)18(16)22/h4-7,12,14,16,18H,8-10H2,1-3H3,(H,23,24)/t12-,14-,16-,18-,20-/m0/s1. The summed E-state index contributed by atoms with van der Waals surface area (Å²) in [6.45, 7) is 5.39. The van der Waals surface area contributed by atoms with Crippen molar-refractivity contribution in [1.29, 1.82) is 0 Å². The van der Waals surface area contributed by atoms with Crippen LogP contribution in [0.3, 0.4) is 0 Å². The fourth-order valence-corrected chi connectivity index (χ4v) is 5.98. The first kappa shape index (κ1) is 15.4. The summed E-state index contributed by atoms with van der Waals surface area (Å²) in [5.41, 5.74) is 2.28. The Hall–Kier alpha value is -1.85. The van der Waals surface area contributed by atoms with Gasteiger partial charge in [-0.3, -0.25) is 9.69 Å². The molecule has 3 aliphatic rings. The van der Waals surface area contributed by atoms with Crippen molar-refractivity contribution < 1.29 is 14.6 Å². The monoisotopic (exact) mass is 340 g/mol. The largest absolute Gasteiger partial charge is 0.480 e. The van der Waals surface area contributed by atoms with Gasteiger partial charge in [-0.15, -0.1) is 0 Å². The molecule has 25 heavy (non-hydrogen) atoms. The van der Waals surface area contributed by atoms with Crippen molar-refractivity contribution in [2.75, 3.05) is 20.2 Å². The van der Waals surface area contributed by atoms with Crippen LogP contribution in [0.1, 0.15) is 30.8 Å². The highest BCUT2D eigenvalue weighted by Gasteiger charge is 2.64. The average Bonchev–Trinajstić information content (AvgIpc) is 2.89. The third kappa shape index (κ3) is 1.64. The fourth-order valence-electron chi connectivity index (χ4n) is 5.98. The molecule has 4 bridgehead atoms. The highest BCUT2D eigenvalue weighted by Crippen LogP contribution is 2.58. The summed E-state index contributed by atoms with van der Waals surface area (Å²) in [7, 11) is 2.16. The lowest BCUT2D eigenvalue weighted by atomic mass is 9.58. The molecule has 132 valence electrons. The smallest absolute Gasteiger partial charge is 0.318 e. The SMILES string of the molecule is Cc1c2n(c3ccccc13)[C@H]1[C@H]3[C@H](C)OC[C@]2(C(=O)O)[C@H]3CCN1C. The molecule has 0 amide bonds. The van der Waals surface area contributed by atoms with Gasteiger partial charge in [0, 0.05) is 29.1 Å². The van der Waals surface area contributed by atoms with Gasteiger partial charge in [0.1, 0.15) is 5.41 Å². The van der Waals surface area contributed by atoms with Gasteiger partial charge in [0.05, 0.1) is 18.9 Å². The second-order valence-electron chi connectivity index (χ2n) is 8.02. The number of benzene rings is 1. The molecule has 1 aromatic carbocycles. The van der Waals surface area contributed by atoms with Crippen molar-refractivity contribution in [3.8, 4) is 0 Å². The van der Waals surface area contributed by atoms with E-state index in [4.69, 9.17) is 4.74 Å². The van der Waals surface area contributed by atoms with Crippen LogP contribution in [0.4, 0.5) is 0 Å². The van der Waals surface area contributed by atoms with Crippen molar-refractivity contribution in [2.24, 2.45) is 11.8 Å². The Morgan fingerprint density at radius 1 is 1.36 bits per heavy atom. The molecule has 5 heteroatoms. The van der Waals surface area contributed by atoms with Gasteiger partial charge in [-0.2, -0.15) is 0 Å². The zero-order chi connectivity index (χ0) is 17.5. The molecule has 2 saturated heterocycles. The molecule has 3 aliphatic heterocycles. The van der Waals surface area contributed by atoms with Gasteiger partial charge in [0.25, 0.3) is 0 Å². The van der Waals surface area contributed by atoms with Gasteiger partial charge in [0.15, 0.2) is 0 Å². The van der Waals surface area contributed by atoms with E-state index in [9.17, 15) is 9.90 Å². The molecule has 5 atom stereocenters. The van der Waals surface area contributed by atoms with E-state index in [1.54, 1.807) is 0 Å². The predicted octanol–water partition coefficient (Wildman–Crippen LogP) is 2.77. The van der Waals surface area contributed by atoms with E-state index in [0.29, 0.717) is 0 Å². The predicted molar refractivity (Wildman–Crippen MR) is 94.7 cm³/mol. The summed E-state index contributed by atoms with van der Waals surface area (Å²) in [6, 6.07) is 8.33. The number of likely N-dealkylation sites (tertiary alicyclic amines) is 1. The first-order valence-corrected chi connectivity index (χ1v) is 9.13. The van der Waals surface area contributed by atoms with E-state index in [1.165, 1.54) is 0 Å². The summed E-state index contributed by atoms with van der Waals surface area (Å²) in [6.07, 6.45) is 1.15. The third-order valence-electron chi connectivity index (χ3n) is 7.03. The topological polar surface area (TPSA) is 54.7 Å². The molecule has 0 radical (unpaired) electrons. The zero-order valence-corrected chi connectivity index (χ0v) is 14.9. The fraction of sp³-hybridized carbons (Fsp3) is 0.550. The highest BCUT2D eigenvalue weighted by molar-refractivity contribution is 5.91. The number of aromatic nitrogens is 1. The molecular formula is C20H24N2O3. The molecule has 5 nitrogen and oxygen atoms in total. The second-order valence-corrected chi connectivity index (χ2v) is 8.02.